The van der Waals surface area contributed by atoms with Gasteiger partial charge in [-0.1, -0.05) is 97.1 Å². The smallest absolute Gasteiger partial charge is 0.119 e. The third-order valence-electron chi connectivity index (χ3n) is 18.7. The van der Waals surface area contributed by atoms with Crippen molar-refractivity contribution in [2.45, 2.75) is 162 Å². The Bertz CT molecular complexity index is 2500. The average molecular weight is 1070 g/mol. The van der Waals surface area contributed by atoms with Crippen molar-refractivity contribution in [3.05, 3.63) is 173 Å². The number of ether oxygens (including phenoxy) is 7. The van der Waals surface area contributed by atoms with Crippen LogP contribution in [0.4, 0.5) is 4.39 Å². The van der Waals surface area contributed by atoms with E-state index in [1.807, 2.05) is 48.5 Å². The van der Waals surface area contributed by atoms with Crippen LogP contribution in [0.1, 0.15) is 143 Å². The number of methoxy groups -OCH3 is 2. The van der Waals surface area contributed by atoms with E-state index in [0.29, 0.717) is 55.8 Å². The molecular weight excluding hydrogens is 989 g/mol. The van der Waals surface area contributed by atoms with E-state index in [1.165, 1.54) is 85.6 Å². The van der Waals surface area contributed by atoms with Crippen molar-refractivity contribution in [3.8, 4) is 17.2 Å². The molecule has 0 atom stereocenters. The van der Waals surface area contributed by atoms with Crippen LogP contribution in [0.2, 0.25) is 0 Å². The van der Waals surface area contributed by atoms with Crippen LogP contribution in [0.5, 0.6) is 17.2 Å². The molecule has 0 aliphatic heterocycles. The van der Waals surface area contributed by atoms with E-state index >= 15 is 0 Å². The Morgan fingerprint density at radius 1 is 0.455 bits per heavy atom. The summed E-state index contributed by atoms with van der Waals surface area (Å²) in [6, 6.07) is 46.4. The van der Waals surface area contributed by atoms with Crippen LogP contribution in [-0.4, -0.2) is 75.7 Å². The minimum Gasteiger partial charge on any atom is -0.489 e. The lowest BCUT2D eigenvalue weighted by atomic mass is 9.56. The van der Waals surface area contributed by atoms with Crippen LogP contribution in [0, 0.1) is 0 Å². The van der Waals surface area contributed by atoms with Crippen LogP contribution >= 0.6 is 12.4 Å². The fourth-order valence-corrected chi connectivity index (χ4v) is 13.4. The summed E-state index contributed by atoms with van der Waals surface area (Å²) in [5.74, 6) is 2.63. The van der Waals surface area contributed by atoms with Crippen molar-refractivity contribution >= 4 is 12.4 Å². The molecule has 14 rings (SSSR count). The zero-order valence-corrected chi connectivity index (χ0v) is 46.6. The molecular formula is C66H85ClFNO8. The second-order valence-corrected chi connectivity index (χ2v) is 23.0. The summed E-state index contributed by atoms with van der Waals surface area (Å²) in [6.45, 7) is 4.36. The first-order chi connectivity index (χ1) is 37.1. The van der Waals surface area contributed by atoms with Gasteiger partial charge in [-0.05, 0) is 196 Å². The topological polar surface area (TPSA) is 111 Å². The molecule has 9 aliphatic carbocycles. The van der Waals surface area contributed by atoms with Gasteiger partial charge in [-0.3, -0.25) is 0 Å². The molecule has 0 spiro atoms. The van der Waals surface area contributed by atoms with Crippen molar-refractivity contribution in [3.63, 3.8) is 0 Å². The van der Waals surface area contributed by atoms with E-state index in [9.17, 15) is 9.50 Å². The molecule has 5 aromatic rings. The fraction of sp³-hybridized carbons (Fsp3) is 0.515. The highest BCUT2D eigenvalue weighted by Crippen LogP contribution is 2.57. The van der Waals surface area contributed by atoms with Crippen molar-refractivity contribution in [1.29, 1.82) is 0 Å². The Kier molecular flexibility index (Phi) is 20.4. The van der Waals surface area contributed by atoms with Crippen molar-refractivity contribution in [1.82, 2.24) is 0 Å². The third kappa shape index (κ3) is 14.5. The lowest BCUT2D eigenvalue weighted by Gasteiger charge is -2.53. The van der Waals surface area contributed by atoms with E-state index in [2.05, 4.69) is 84.9 Å². The monoisotopic (exact) mass is 1070 g/mol. The molecule has 11 heteroatoms. The summed E-state index contributed by atoms with van der Waals surface area (Å²) in [7, 11) is 3.45. The molecule has 5 aromatic carbocycles. The number of fused-ring (bicyclic) bond motifs is 9. The van der Waals surface area contributed by atoms with Gasteiger partial charge in [-0.2, -0.15) is 0 Å². The van der Waals surface area contributed by atoms with Gasteiger partial charge in [0.15, 0.2) is 0 Å². The normalized spacial score (nSPS) is 27.8. The first kappa shape index (κ1) is 58.4. The molecule has 9 saturated carbocycles. The fourth-order valence-electron chi connectivity index (χ4n) is 13.4. The number of benzene rings is 5. The van der Waals surface area contributed by atoms with Gasteiger partial charge < -0.3 is 44.0 Å². The molecule has 3 N–H and O–H groups in total. The van der Waals surface area contributed by atoms with Gasteiger partial charge in [0, 0.05) is 26.3 Å². The number of rotatable bonds is 21. The first-order valence-corrected chi connectivity index (χ1v) is 28.3. The van der Waals surface area contributed by atoms with Crippen LogP contribution in [0.3, 0.4) is 0 Å². The number of hydrogen-bond acceptors (Lipinski definition) is 9. The lowest BCUT2D eigenvalue weighted by molar-refractivity contribution is -0.127. The zero-order chi connectivity index (χ0) is 52.8. The molecule has 9 aliphatic rings. The molecule has 9 fully saturated rings. The predicted octanol–water partition coefficient (Wildman–Crippen LogP) is 14.2. The maximum Gasteiger partial charge on any atom is 0.119 e. The molecule has 0 saturated heterocycles. The maximum absolute atomic E-state index is 12.6. The van der Waals surface area contributed by atoms with E-state index in [0.717, 1.165) is 81.6 Å². The minimum atomic E-state index is -0.361. The van der Waals surface area contributed by atoms with Crippen LogP contribution in [0.25, 0.3) is 0 Å². The van der Waals surface area contributed by atoms with Crippen LogP contribution in [0.15, 0.2) is 145 Å². The Balaban J connectivity index is 0.000000152. The van der Waals surface area contributed by atoms with E-state index in [-0.39, 0.29) is 47.8 Å². The predicted molar refractivity (Wildman–Crippen MR) is 306 cm³/mol. The van der Waals surface area contributed by atoms with Gasteiger partial charge in [0.1, 0.15) is 37.1 Å². The van der Waals surface area contributed by atoms with Gasteiger partial charge in [-0.15, -0.1) is 12.4 Å². The van der Waals surface area contributed by atoms with Crippen molar-refractivity contribution < 1.29 is 42.7 Å². The second kappa shape index (κ2) is 26.9. The van der Waals surface area contributed by atoms with Gasteiger partial charge >= 0.3 is 0 Å². The summed E-state index contributed by atoms with van der Waals surface area (Å²) in [5.41, 5.74) is 13.3. The molecule has 0 amide bonds. The van der Waals surface area contributed by atoms with E-state index in [4.69, 9.17) is 38.9 Å². The molecule has 0 radical (unpaired) electrons. The average Bonchev–Trinajstić information content (AvgIpc) is 3.51. The third-order valence-corrected chi connectivity index (χ3v) is 18.7. The Morgan fingerprint density at radius 2 is 0.779 bits per heavy atom. The highest BCUT2D eigenvalue weighted by molar-refractivity contribution is 5.85. The quantitative estimate of drug-likeness (QED) is 0.0694. The number of aliphatic hydroxyl groups is 1. The molecule has 77 heavy (non-hydrogen) atoms. The van der Waals surface area contributed by atoms with Crippen molar-refractivity contribution in [2.75, 3.05) is 53.8 Å². The SMILES string of the molecule is COCCOC12CCC(c3ccc(OC/C(=C/F)CN)cc3)(CC1)CC2.COCCOC12CCC(c3ccc(OCc4ccccc4)cc3)(CC1)CC2.Cl.OC12CCC(c3ccc(OCc4ccccc4)cc3)(CC1)CC2. The lowest BCUT2D eigenvalue weighted by Crippen LogP contribution is -2.50. The highest BCUT2D eigenvalue weighted by Gasteiger charge is 2.52. The maximum atomic E-state index is 12.6. The largest absolute Gasteiger partial charge is 0.489 e. The summed E-state index contributed by atoms with van der Waals surface area (Å²) < 4.78 is 52.7. The van der Waals surface area contributed by atoms with Crippen LogP contribution in [-0.2, 0) is 48.4 Å². The van der Waals surface area contributed by atoms with E-state index in [1.54, 1.807) is 14.2 Å². The first-order valence-electron chi connectivity index (χ1n) is 28.3. The van der Waals surface area contributed by atoms with Gasteiger partial charge in [0.25, 0.3) is 0 Å². The molecule has 0 unspecified atom stereocenters. The summed E-state index contributed by atoms with van der Waals surface area (Å²) in [5, 5.41) is 10.4. The van der Waals surface area contributed by atoms with Crippen molar-refractivity contribution in [2.24, 2.45) is 5.73 Å². The van der Waals surface area contributed by atoms with Gasteiger partial charge in [-0.25, -0.2) is 4.39 Å². The minimum absolute atomic E-state index is 0. The van der Waals surface area contributed by atoms with E-state index < -0.39 is 0 Å². The van der Waals surface area contributed by atoms with Gasteiger partial charge in [0.2, 0.25) is 0 Å². The molecule has 6 bridgehead atoms. The number of hydrogen-bond donors (Lipinski definition) is 2. The highest BCUT2D eigenvalue weighted by atomic mass is 35.5. The zero-order valence-electron chi connectivity index (χ0n) is 45.8. The Morgan fingerprint density at radius 3 is 1.09 bits per heavy atom. The molecule has 0 aromatic heterocycles. The summed E-state index contributed by atoms with van der Waals surface area (Å²) in [6.07, 6.45) is 20.8. The summed E-state index contributed by atoms with van der Waals surface area (Å²) >= 11 is 0. The molecule has 9 nitrogen and oxygen atoms in total. The van der Waals surface area contributed by atoms with Gasteiger partial charge in [0.05, 0.1) is 49.6 Å². The Hall–Kier alpha value is -4.78. The molecule has 0 heterocycles. The second-order valence-electron chi connectivity index (χ2n) is 23.0. The number of halogens is 2. The molecule has 416 valence electrons. The standard InChI is InChI=1S/C24H30O3.C21H30FNO3.C21H24O2.ClH/c1-25-17-18-27-24-14-11-23(12-15-24,13-16-24)21-7-9-22(10-8-21)26-19-20-5-3-2-4-6-20;1-24-12-13-26-21-9-6-20(7-10-21,8-11-21)18-2-4-19(5-3-18)25-16-17(14-22)15-23;22-21-13-10-20(11-14-21,12-15-21)18-6-8-19(9-7-18)23-16-17-4-2-1-3-5-17;/h2-10H,11-19H2,1H3;2-5,14H,6-13,15-16,23H2,1H3;1-9,22H,10-16H2;1H/b;17-14+;;. The Labute approximate surface area is 464 Å². The summed E-state index contributed by atoms with van der Waals surface area (Å²) in [4.78, 5) is 0. The number of nitrogens with two attached hydrogens (primary N) is 1. The van der Waals surface area contributed by atoms with Crippen LogP contribution < -0.4 is 19.9 Å².